The van der Waals surface area contributed by atoms with Gasteiger partial charge in [-0.15, -0.1) is 0 Å². The summed E-state index contributed by atoms with van der Waals surface area (Å²) in [7, 11) is 4.60. The third kappa shape index (κ3) is 5.84. The zero-order valence-corrected chi connectivity index (χ0v) is 26.9. The lowest BCUT2D eigenvalue weighted by Gasteiger charge is -2.16. The Balaban J connectivity index is 1.30. The van der Waals surface area contributed by atoms with Crippen LogP contribution in [0.2, 0.25) is 10.0 Å². The number of nitrogens with zero attached hydrogens (tertiary/aromatic N) is 4. The van der Waals surface area contributed by atoms with Gasteiger partial charge < -0.3 is 20.7 Å². The number of pyridine rings is 2. The van der Waals surface area contributed by atoms with E-state index in [0.29, 0.717) is 69.0 Å². The molecule has 3 N–H and O–H groups in total. The van der Waals surface area contributed by atoms with E-state index < -0.39 is 11.2 Å². The number of carbonyl (C=O) groups is 1. The molecule has 4 heterocycles. The summed E-state index contributed by atoms with van der Waals surface area (Å²) in [6.45, 7) is 1.19. The summed E-state index contributed by atoms with van der Waals surface area (Å²) < 4.78 is 8.05. The minimum atomic E-state index is -0.469. The highest BCUT2D eigenvalue weighted by molar-refractivity contribution is 6.39. The molecule has 1 fully saturated rings. The summed E-state index contributed by atoms with van der Waals surface area (Å²) in [5, 5.41) is 10.6. The number of hydrogen-bond acceptors (Lipinski definition) is 8. The van der Waals surface area contributed by atoms with E-state index in [1.165, 1.54) is 17.8 Å². The number of carbonyl (C=O) groups excluding carboxylic acids is 1. The van der Waals surface area contributed by atoms with Crippen molar-refractivity contribution in [2.75, 3.05) is 19.0 Å². The van der Waals surface area contributed by atoms with Crippen LogP contribution in [0.15, 0.2) is 70.4 Å². The Kier molecular flexibility index (Phi) is 8.81. The molecule has 3 aromatic heterocycles. The number of fused-ring (bicyclic) bond motifs is 1. The second kappa shape index (κ2) is 13.0. The summed E-state index contributed by atoms with van der Waals surface area (Å²) in [4.78, 5) is 46.2. The molecule has 1 amide bonds. The number of anilines is 2. The van der Waals surface area contributed by atoms with E-state index in [-0.39, 0.29) is 23.2 Å². The molecule has 0 radical (unpaired) electrons. The Morgan fingerprint density at radius 3 is 2.43 bits per heavy atom. The van der Waals surface area contributed by atoms with Crippen molar-refractivity contribution in [3.63, 3.8) is 0 Å². The first kappa shape index (κ1) is 31.3. The van der Waals surface area contributed by atoms with Crippen LogP contribution in [-0.4, -0.2) is 44.7 Å². The molecule has 0 aliphatic carbocycles. The number of halogens is 2. The maximum atomic E-state index is 13.1. The molecule has 0 bridgehead atoms. The second-order valence-corrected chi connectivity index (χ2v) is 11.8. The fraction of sp³-hybridized carbons (Fsp3) is 0.242. The molecule has 13 heteroatoms. The topological polar surface area (TPSA) is 132 Å². The minimum absolute atomic E-state index is 0.0850. The molecule has 1 aliphatic heterocycles. The van der Waals surface area contributed by atoms with Crippen molar-refractivity contribution < 1.29 is 9.53 Å². The van der Waals surface area contributed by atoms with Crippen molar-refractivity contribution in [1.29, 1.82) is 0 Å². The second-order valence-electron chi connectivity index (χ2n) is 11.0. The van der Waals surface area contributed by atoms with Crippen molar-refractivity contribution in [2.24, 2.45) is 14.1 Å². The Bertz CT molecular complexity index is 2110. The van der Waals surface area contributed by atoms with Crippen LogP contribution in [0.1, 0.15) is 18.4 Å². The molecule has 1 aliphatic rings. The summed E-state index contributed by atoms with van der Waals surface area (Å²) in [5.74, 6) is 0.825. The average Bonchev–Trinajstić information content (AvgIpc) is 3.48. The van der Waals surface area contributed by atoms with Gasteiger partial charge in [0.1, 0.15) is 11.2 Å². The number of benzene rings is 2. The van der Waals surface area contributed by atoms with Gasteiger partial charge in [0.05, 0.1) is 34.1 Å². The maximum Gasteiger partial charge on any atom is 0.330 e. The van der Waals surface area contributed by atoms with Gasteiger partial charge in [-0.3, -0.25) is 18.7 Å². The Morgan fingerprint density at radius 2 is 1.70 bits per heavy atom. The molecule has 5 aromatic rings. The third-order valence-electron chi connectivity index (χ3n) is 8.12. The summed E-state index contributed by atoms with van der Waals surface area (Å²) in [6.07, 6.45) is 2.91. The first-order valence-corrected chi connectivity index (χ1v) is 15.4. The molecule has 46 heavy (non-hydrogen) atoms. The predicted molar refractivity (Wildman–Crippen MR) is 180 cm³/mol. The first-order chi connectivity index (χ1) is 22.2. The Hall–Kier alpha value is -4.71. The smallest absolute Gasteiger partial charge is 0.330 e. The standard InChI is InChI=1S/C33H31Cl2N7O4/c1-41-25-14-15-37-30(27(25)32(44)42(2)33(41)45)39-24-9-5-7-21(29(24)35)20-6-4-8-22(28(20)34)23-12-10-18(31(40-23)46-3)16-36-17-19-11-13-26(43)38-19/h4-10,12,14-15,19,36H,11,13,16-17H2,1-3H3,(H,37,39)(H,38,43). The number of nitrogens with one attached hydrogen (secondary N) is 3. The van der Waals surface area contributed by atoms with E-state index in [1.807, 2.05) is 42.5 Å². The molecule has 0 spiro atoms. The predicted octanol–water partition coefficient (Wildman–Crippen LogP) is 4.79. The van der Waals surface area contributed by atoms with E-state index >= 15 is 0 Å². The molecular formula is C33H31Cl2N7O4. The summed E-state index contributed by atoms with van der Waals surface area (Å²) >= 11 is 14.0. The summed E-state index contributed by atoms with van der Waals surface area (Å²) in [5.41, 5.74) is 3.59. The van der Waals surface area contributed by atoms with E-state index in [0.717, 1.165) is 16.6 Å². The maximum absolute atomic E-state index is 13.1. The van der Waals surface area contributed by atoms with Gasteiger partial charge in [0.25, 0.3) is 5.56 Å². The van der Waals surface area contributed by atoms with Gasteiger partial charge in [-0.1, -0.05) is 59.6 Å². The lowest BCUT2D eigenvalue weighted by molar-refractivity contribution is -0.119. The van der Waals surface area contributed by atoms with Gasteiger partial charge in [0.2, 0.25) is 11.8 Å². The van der Waals surface area contributed by atoms with Gasteiger partial charge in [-0.2, -0.15) is 0 Å². The van der Waals surface area contributed by atoms with E-state index in [2.05, 4.69) is 20.9 Å². The number of amides is 1. The number of aryl methyl sites for hydroxylation is 1. The zero-order chi connectivity index (χ0) is 32.5. The third-order valence-corrected chi connectivity index (χ3v) is 8.94. The number of ether oxygens (including phenoxy) is 1. The highest BCUT2D eigenvalue weighted by Crippen LogP contribution is 2.42. The van der Waals surface area contributed by atoms with Crippen LogP contribution in [0.25, 0.3) is 33.3 Å². The van der Waals surface area contributed by atoms with Crippen LogP contribution in [0.3, 0.4) is 0 Å². The zero-order valence-electron chi connectivity index (χ0n) is 25.4. The number of hydrogen-bond donors (Lipinski definition) is 3. The highest BCUT2D eigenvalue weighted by Gasteiger charge is 2.21. The minimum Gasteiger partial charge on any atom is -0.481 e. The normalized spacial score (nSPS) is 14.5. The molecular weight excluding hydrogens is 629 g/mol. The van der Waals surface area contributed by atoms with Crippen LogP contribution in [0.5, 0.6) is 5.88 Å². The largest absolute Gasteiger partial charge is 0.481 e. The molecule has 0 saturated carbocycles. The van der Waals surface area contributed by atoms with Crippen molar-refractivity contribution in [3.8, 4) is 28.3 Å². The SMILES string of the molecule is COc1nc(-c2cccc(-c3cccc(Nc4nccc5c4c(=O)n(C)c(=O)n5C)c3Cl)c2Cl)ccc1CNCC1CCC(=O)N1. The van der Waals surface area contributed by atoms with Gasteiger partial charge in [-0.25, -0.2) is 14.8 Å². The van der Waals surface area contributed by atoms with Crippen LogP contribution in [-0.2, 0) is 25.4 Å². The van der Waals surface area contributed by atoms with Gasteiger partial charge in [0, 0.05) is 68.1 Å². The molecule has 1 unspecified atom stereocenters. The number of aromatic nitrogens is 4. The molecule has 1 atom stereocenters. The first-order valence-electron chi connectivity index (χ1n) is 14.6. The van der Waals surface area contributed by atoms with E-state index in [4.69, 9.17) is 32.9 Å². The lowest BCUT2D eigenvalue weighted by Crippen LogP contribution is -2.37. The van der Waals surface area contributed by atoms with Crippen LogP contribution in [0.4, 0.5) is 11.5 Å². The van der Waals surface area contributed by atoms with Crippen LogP contribution >= 0.6 is 23.2 Å². The number of methoxy groups -OCH3 is 1. The number of rotatable bonds is 9. The summed E-state index contributed by atoms with van der Waals surface area (Å²) in [6, 6.07) is 16.7. The van der Waals surface area contributed by atoms with Gasteiger partial charge in [-0.05, 0) is 24.6 Å². The molecule has 1 saturated heterocycles. The van der Waals surface area contributed by atoms with Crippen molar-refractivity contribution in [1.82, 2.24) is 29.7 Å². The fourth-order valence-electron chi connectivity index (χ4n) is 5.66. The van der Waals surface area contributed by atoms with Gasteiger partial charge >= 0.3 is 5.69 Å². The van der Waals surface area contributed by atoms with E-state index in [9.17, 15) is 14.4 Å². The molecule has 6 rings (SSSR count). The highest BCUT2D eigenvalue weighted by atomic mass is 35.5. The Labute approximate surface area is 274 Å². The van der Waals surface area contributed by atoms with Crippen molar-refractivity contribution >= 4 is 51.5 Å². The van der Waals surface area contributed by atoms with Crippen molar-refractivity contribution in [2.45, 2.75) is 25.4 Å². The van der Waals surface area contributed by atoms with Gasteiger partial charge in [0.15, 0.2) is 0 Å². The quantitative estimate of drug-likeness (QED) is 0.206. The van der Waals surface area contributed by atoms with Crippen LogP contribution < -0.4 is 31.9 Å². The van der Waals surface area contributed by atoms with Crippen LogP contribution in [0, 0.1) is 0 Å². The van der Waals surface area contributed by atoms with Crippen molar-refractivity contribution in [3.05, 3.63) is 97.2 Å². The monoisotopic (exact) mass is 659 g/mol. The molecule has 236 valence electrons. The molecule has 11 nitrogen and oxygen atoms in total. The average molecular weight is 661 g/mol. The Morgan fingerprint density at radius 1 is 0.957 bits per heavy atom. The van der Waals surface area contributed by atoms with E-state index in [1.54, 1.807) is 26.3 Å². The fourth-order valence-corrected chi connectivity index (χ4v) is 6.26. The lowest BCUT2D eigenvalue weighted by atomic mass is 10.00. The molecule has 2 aromatic carbocycles.